The Morgan fingerprint density at radius 3 is 1.15 bits per heavy atom. The lowest BCUT2D eigenvalue weighted by Crippen LogP contribution is -2.45. The summed E-state index contributed by atoms with van der Waals surface area (Å²) in [5.74, 6) is -0.0321. The van der Waals surface area contributed by atoms with Crippen molar-refractivity contribution in [2.45, 2.75) is 257 Å². The number of aliphatic hydroxyl groups is 2. The Hall–Kier alpha value is -0.870. The predicted molar refractivity (Wildman–Crippen MR) is 212 cm³/mol. The third-order valence-electron chi connectivity index (χ3n) is 10.3. The van der Waals surface area contributed by atoms with E-state index in [2.05, 4.69) is 31.3 Å². The Morgan fingerprint density at radius 2 is 0.792 bits per heavy atom. The lowest BCUT2D eigenvalue weighted by Gasteiger charge is -2.22. The fourth-order valence-electron chi connectivity index (χ4n) is 6.89. The van der Waals surface area contributed by atoms with Crippen LogP contribution >= 0.6 is 0 Å². The number of hydrogen-bond donors (Lipinski definition) is 3. The molecule has 0 aliphatic carbocycles. The van der Waals surface area contributed by atoms with Gasteiger partial charge in [0.05, 0.1) is 18.8 Å². The van der Waals surface area contributed by atoms with E-state index in [4.69, 9.17) is 0 Å². The molecule has 1 amide bonds. The van der Waals surface area contributed by atoms with Gasteiger partial charge in [0.2, 0.25) is 5.91 Å². The monoisotopic (exact) mass is 678 g/mol. The van der Waals surface area contributed by atoms with E-state index in [1.165, 1.54) is 193 Å². The van der Waals surface area contributed by atoms with E-state index in [-0.39, 0.29) is 12.5 Å². The topological polar surface area (TPSA) is 69.6 Å². The van der Waals surface area contributed by atoms with Gasteiger partial charge in [-0.25, -0.2) is 0 Å². The van der Waals surface area contributed by atoms with Crippen LogP contribution in [-0.4, -0.2) is 34.9 Å². The summed E-state index contributed by atoms with van der Waals surface area (Å²) < 4.78 is 0. The minimum atomic E-state index is -0.654. The zero-order valence-corrected chi connectivity index (χ0v) is 32.8. The fourth-order valence-corrected chi connectivity index (χ4v) is 6.89. The highest BCUT2D eigenvalue weighted by molar-refractivity contribution is 5.76. The number of unbranched alkanes of at least 4 members (excludes halogenated alkanes) is 31. The molecule has 286 valence electrons. The molecule has 0 aliphatic heterocycles. The third-order valence-corrected chi connectivity index (χ3v) is 10.3. The molecule has 0 radical (unpaired) electrons. The maximum Gasteiger partial charge on any atom is 0.220 e. The van der Waals surface area contributed by atoms with E-state index in [1.807, 2.05) is 0 Å². The molecule has 0 aromatic rings. The smallest absolute Gasteiger partial charge is 0.220 e. The highest BCUT2D eigenvalue weighted by atomic mass is 16.3. The molecule has 0 heterocycles. The predicted octanol–water partition coefficient (Wildman–Crippen LogP) is 13.5. The van der Waals surface area contributed by atoms with E-state index in [1.54, 1.807) is 0 Å². The maximum absolute atomic E-state index is 12.4. The van der Waals surface area contributed by atoms with Gasteiger partial charge in [-0.1, -0.05) is 212 Å². The molecule has 2 unspecified atom stereocenters. The minimum absolute atomic E-state index is 0.0321. The van der Waals surface area contributed by atoms with E-state index in [0.717, 1.165) is 25.7 Å². The molecule has 0 aliphatic rings. The maximum atomic E-state index is 12.4. The van der Waals surface area contributed by atoms with Crippen LogP contribution in [-0.2, 0) is 4.79 Å². The van der Waals surface area contributed by atoms with Crippen LogP contribution in [0.15, 0.2) is 12.2 Å². The van der Waals surface area contributed by atoms with Gasteiger partial charge in [-0.15, -0.1) is 0 Å². The van der Waals surface area contributed by atoms with Crippen molar-refractivity contribution in [1.29, 1.82) is 0 Å². The summed E-state index contributed by atoms with van der Waals surface area (Å²) in [4.78, 5) is 12.4. The van der Waals surface area contributed by atoms with Crippen LogP contribution in [0.5, 0.6) is 0 Å². The SMILES string of the molecule is CCCCCCCCCCCCCC/C=C\CCCCCCCCCCCCC(=O)NC(CO)C(O)CCCCCCCCCCCC. The summed E-state index contributed by atoms with van der Waals surface area (Å²) in [6.07, 6.45) is 50.1. The van der Waals surface area contributed by atoms with Gasteiger partial charge in [0.1, 0.15) is 0 Å². The molecule has 0 saturated carbocycles. The molecule has 4 heteroatoms. The molecule has 48 heavy (non-hydrogen) atoms. The van der Waals surface area contributed by atoms with Crippen molar-refractivity contribution in [2.24, 2.45) is 0 Å². The van der Waals surface area contributed by atoms with Gasteiger partial charge in [-0.3, -0.25) is 4.79 Å². The number of carbonyl (C=O) groups excluding carboxylic acids is 1. The van der Waals surface area contributed by atoms with Crippen LogP contribution in [0.25, 0.3) is 0 Å². The number of amides is 1. The number of rotatable bonds is 40. The molecular weight excluding hydrogens is 590 g/mol. The van der Waals surface area contributed by atoms with Gasteiger partial charge in [-0.05, 0) is 38.5 Å². The Labute approximate surface area is 301 Å². The quantitative estimate of drug-likeness (QED) is 0.0446. The van der Waals surface area contributed by atoms with Crippen LogP contribution in [0.2, 0.25) is 0 Å². The van der Waals surface area contributed by atoms with Gasteiger partial charge < -0.3 is 15.5 Å². The average molecular weight is 678 g/mol. The van der Waals surface area contributed by atoms with Crippen molar-refractivity contribution in [2.75, 3.05) is 6.61 Å². The highest BCUT2D eigenvalue weighted by Crippen LogP contribution is 2.16. The zero-order chi connectivity index (χ0) is 35.0. The van der Waals surface area contributed by atoms with E-state index in [9.17, 15) is 15.0 Å². The average Bonchev–Trinajstić information content (AvgIpc) is 3.09. The van der Waals surface area contributed by atoms with Crippen molar-refractivity contribution in [3.05, 3.63) is 12.2 Å². The van der Waals surface area contributed by atoms with Crippen molar-refractivity contribution < 1.29 is 15.0 Å². The molecule has 0 spiro atoms. The van der Waals surface area contributed by atoms with Crippen LogP contribution < -0.4 is 5.32 Å². The number of aliphatic hydroxyl groups excluding tert-OH is 2. The normalized spacial score (nSPS) is 13.0. The van der Waals surface area contributed by atoms with Crippen molar-refractivity contribution >= 4 is 5.91 Å². The van der Waals surface area contributed by atoms with Gasteiger partial charge in [0, 0.05) is 6.42 Å². The molecule has 4 nitrogen and oxygen atoms in total. The van der Waals surface area contributed by atoms with Crippen LogP contribution in [0.3, 0.4) is 0 Å². The van der Waals surface area contributed by atoms with Crippen LogP contribution in [0.1, 0.15) is 245 Å². The summed E-state index contributed by atoms with van der Waals surface area (Å²) in [7, 11) is 0. The third kappa shape index (κ3) is 36.4. The Balaban J connectivity index is 3.43. The Bertz CT molecular complexity index is 651. The Morgan fingerprint density at radius 1 is 0.479 bits per heavy atom. The second-order valence-corrected chi connectivity index (χ2v) is 15.1. The first kappa shape index (κ1) is 47.1. The molecular formula is C44H87NO3. The fraction of sp³-hybridized carbons (Fsp3) is 0.932. The van der Waals surface area contributed by atoms with Crippen molar-refractivity contribution in [1.82, 2.24) is 5.32 Å². The van der Waals surface area contributed by atoms with E-state index in [0.29, 0.717) is 12.8 Å². The van der Waals surface area contributed by atoms with E-state index >= 15 is 0 Å². The van der Waals surface area contributed by atoms with Crippen LogP contribution in [0, 0.1) is 0 Å². The molecule has 0 fully saturated rings. The van der Waals surface area contributed by atoms with Gasteiger partial charge >= 0.3 is 0 Å². The van der Waals surface area contributed by atoms with Gasteiger partial charge in [0.15, 0.2) is 0 Å². The first-order chi connectivity index (χ1) is 23.7. The number of allylic oxidation sites excluding steroid dienone is 2. The lowest BCUT2D eigenvalue weighted by molar-refractivity contribution is -0.123. The molecule has 2 atom stereocenters. The minimum Gasteiger partial charge on any atom is -0.394 e. The first-order valence-electron chi connectivity index (χ1n) is 21.9. The summed E-state index contributed by atoms with van der Waals surface area (Å²) in [5.41, 5.74) is 0. The summed E-state index contributed by atoms with van der Waals surface area (Å²) >= 11 is 0. The standard InChI is InChI=1S/C44H87NO3/c1-3-5-7-9-11-13-15-16-17-18-19-20-21-22-23-24-25-26-27-28-29-30-32-34-36-38-40-44(48)45-42(41-46)43(47)39-37-35-33-31-14-12-10-8-6-4-2/h22-23,42-43,46-47H,3-21,24-41H2,1-2H3,(H,45,48)/b23-22-. The zero-order valence-electron chi connectivity index (χ0n) is 32.8. The molecule has 0 rings (SSSR count). The van der Waals surface area contributed by atoms with Crippen molar-refractivity contribution in [3.63, 3.8) is 0 Å². The Kier molecular flexibility index (Phi) is 39.8. The number of carbonyl (C=O) groups is 1. The first-order valence-corrected chi connectivity index (χ1v) is 21.9. The van der Waals surface area contributed by atoms with Crippen LogP contribution in [0.4, 0.5) is 0 Å². The molecule has 0 aromatic heterocycles. The molecule has 0 aromatic carbocycles. The second-order valence-electron chi connectivity index (χ2n) is 15.1. The largest absolute Gasteiger partial charge is 0.394 e. The van der Waals surface area contributed by atoms with E-state index < -0.39 is 12.1 Å². The summed E-state index contributed by atoms with van der Waals surface area (Å²) in [5, 5.41) is 23.1. The number of nitrogens with one attached hydrogen (secondary N) is 1. The molecule has 3 N–H and O–H groups in total. The summed E-state index contributed by atoms with van der Waals surface area (Å²) in [6.45, 7) is 4.36. The highest BCUT2D eigenvalue weighted by Gasteiger charge is 2.20. The van der Waals surface area contributed by atoms with Gasteiger partial charge in [0.25, 0.3) is 0 Å². The van der Waals surface area contributed by atoms with Gasteiger partial charge in [-0.2, -0.15) is 0 Å². The molecule has 0 bridgehead atoms. The number of hydrogen-bond acceptors (Lipinski definition) is 3. The second kappa shape index (κ2) is 40.6. The summed E-state index contributed by atoms with van der Waals surface area (Å²) in [6, 6.07) is -0.531. The molecule has 0 saturated heterocycles. The lowest BCUT2D eigenvalue weighted by atomic mass is 10.0. The van der Waals surface area contributed by atoms with Crippen molar-refractivity contribution in [3.8, 4) is 0 Å².